The fraction of sp³-hybridized carbons (Fsp3) is 0.562. The number of aromatic nitrogens is 1. The predicted octanol–water partition coefficient (Wildman–Crippen LogP) is 3.37. The summed E-state index contributed by atoms with van der Waals surface area (Å²) in [5.41, 5.74) is 0.610. The van der Waals surface area contributed by atoms with Gasteiger partial charge >= 0.3 is 7.60 Å². The second-order valence-electron chi connectivity index (χ2n) is 6.34. The van der Waals surface area contributed by atoms with Crippen molar-refractivity contribution in [3.8, 4) is 11.5 Å². The van der Waals surface area contributed by atoms with Crippen LogP contribution in [0.15, 0.2) is 16.7 Å². The van der Waals surface area contributed by atoms with E-state index in [2.05, 4.69) is 18.8 Å². The predicted molar refractivity (Wildman–Crippen MR) is 94.8 cm³/mol. The molecule has 0 aliphatic carbocycles. The number of rotatable bonds is 8. The molecule has 0 saturated heterocycles. The molecule has 2 N–H and O–H groups in total. The van der Waals surface area contributed by atoms with Crippen molar-refractivity contribution in [1.29, 1.82) is 0 Å². The van der Waals surface area contributed by atoms with Crippen LogP contribution in [-0.2, 0) is 15.5 Å². The molecule has 6 nitrogen and oxygen atoms in total. The van der Waals surface area contributed by atoms with Crippen LogP contribution in [0.5, 0.6) is 0 Å². The molecule has 0 aliphatic heterocycles. The molecule has 2 rings (SSSR count). The van der Waals surface area contributed by atoms with Gasteiger partial charge in [-0.3, -0.25) is 4.57 Å². The topological polar surface area (TPSA) is 92.8 Å². The normalized spacial score (nSPS) is 15.6. The van der Waals surface area contributed by atoms with E-state index in [0.717, 1.165) is 16.3 Å². The van der Waals surface area contributed by atoms with E-state index < -0.39 is 7.60 Å². The van der Waals surface area contributed by atoms with Crippen LogP contribution in [0.4, 0.5) is 0 Å². The molecule has 0 saturated carbocycles. The largest absolute Gasteiger partial charge is 0.462 e. The highest BCUT2D eigenvalue weighted by Crippen LogP contribution is 2.45. The van der Waals surface area contributed by atoms with Crippen molar-refractivity contribution >= 4 is 24.2 Å². The van der Waals surface area contributed by atoms with Crippen molar-refractivity contribution in [3.63, 3.8) is 0 Å². The van der Waals surface area contributed by atoms with E-state index in [9.17, 15) is 9.46 Å². The number of nitrogens with zero attached hydrogens (tertiary/aromatic N) is 1. The summed E-state index contributed by atoms with van der Waals surface area (Å²) in [6.45, 7) is 7.74. The zero-order chi connectivity index (χ0) is 17.9. The lowest BCUT2D eigenvalue weighted by molar-refractivity contribution is 0.165. The Bertz CT molecular complexity index is 724. The highest BCUT2D eigenvalue weighted by atomic mass is 32.1. The molecule has 0 spiro atoms. The van der Waals surface area contributed by atoms with Gasteiger partial charge in [-0.25, -0.2) is 4.98 Å². The molecule has 0 fully saturated rings. The number of thiazole rings is 1. The first-order valence-corrected chi connectivity index (χ1v) is 10.3. The van der Waals surface area contributed by atoms with Crippen molar-refractivity contribution < 1.29 is 23.5 Å². The molecule has 0 bridgehead atoms. The van der Waals surface area contributed by atoms with Crippen LogP contribution in [0.2, 0.25) is 0 Å². The van der Waals surface area contributed by atoms with Gasteiger partial charge in [-0.05, 0) is 25.3 Å². The Hall–Kier alpha value is -0.980. The summed E-state index contributed by atoms with van der Waals surface area (Å²) in [5, 5.41) is 10.0. The van der Waals surface area contributed by atoms with Crippen molar-refractivity contribution in [1.82, 2.24) is 4.98 Å². The third kappa shape index (κ3) is 4.55. The van der Waals surface area contributed by atoms with E-state index in [-0.39, 0.29) is 30.2 Å². The van der Waals surface area contributed by atoms with Crippen molar-refractivity contribution in [2.24, 2.45) is 11.8 Å². The van der Waals surface area contributed by atoms with Gasteiger partial charge in [0.25, 0.3) is 0 Å². The summed E-state index contributed by atoms with van der Waals surface area (Å²) in [4.78, 5) is 15.8. The average Bonchev–Trinajstić information content (AvgIpc) is 3.11. The fourth-order valence-electron chi connectivity index (χ4n) is 2.21. The molecule has 24 heavy (non-hydrogen) atoms. The fourth-order valence-corrected chi connectivity index (χ4v) is 4.61. The van der Waals surface area contributed by atoms with Gasteiger partial charge < -0.3 is 18.9 Å². The van der Waals surface area contributed by atoms with Gasteiger partial charge in [0.1, 0.15) is 11.0 Å². The van der Waals surface area contributed by atoms with Crippen LogP contribution in [0.25, 0.3) is 11.5 Å². The maximum absolute atomic E-state index is 12.6. The van der Waals surface area contributed by atoms with Crippen LogP contribution in [0.3, 0.4) is 0 Å². The van der Waals surface area contributed by atoms with E-state index in [0.29, 0.717) is 11.6 Å². The van der Waals surface area contributed by atoms with E-state index in [1.807, 2.05) is 6.92 Å². The van der Waals surface area contributed by atoms with Gasteiger partial charge in [0.15, 0.2) is 5.76 Å². The quantitative estimate of drug-likeness (QED) is 0.689. The van der Waals surface area contributed by atoms with Crippen LogP contribution < -0.4 is 5.30 Å². The van der Waals surface area contributed by atoms with Crippen LogP contribution in [-0.4, -0.2) is 28.2 Å². The lowest BCUT2D eigenvalue weighted by Crippen LogP contribution is -2.14. The molecular weight excluding hydrogens is 349 g/mol. The number of aryl methyl sites for hydroxylation is 1. The number of aliphatic hydroxyl groups excluding tert-OH is 1. The number of furan rings is 1. The van der Waals surface area contributed by atoms with Crippen molar-refractivity contribution in [3.05, 3.63) is 22.2 Å². The first-order valence-electron chi connectivity index (χ1n) is 7.87. The highest BCUT2D eigenvalue weighted by molar-refractivity contribution is 7.61. The maximum Gasteiger partial charge on any atom is 0.362 e. The van der Waals surface area contributed by atoms with E-state index >= 15 is 0 Å². The Morgan fingerprint density at radius 1 is 1.42 bits per heavy atom. The SMILES string of the molecule is Cc1nc(-c2occc2P(=O)(O)OCC(C)CO)c(CC(C)C)s1. The first-order chi connectivity index (χ1) is 11.2. The summed E-state index contributed by atoms with van der Waals surface area (Å²) < 4.78 is 23.3. The molecule has 2 atom stereocenters. The summed E-state index contributed by atoms with van der Waals surface area (Å²) in [6.07, 6.45) is 2.19. The number of aliphatic hydroxyl groups is 1. The highest BCUT2D eigenvalue weighted by Gasteiger charge is 2.32. The van der Waals surface area contributed by atoms with Crippen molar-refractivity contribution in [2.45, 2.75) is 34.1 Å². The summed E-state index contributed by atoms with van der Waals surface area (Å²) in [7, 11) is -4.05. The summed E-state index contributed by atoms with van der Waals surface area (Å²) >= 11 is 1.57. The third-order valence-electron chi connectivity index (χ3n) is 3.41. The Kier molecular flexibility index (Phi) is 6.39. The zero-order valence-corrected chi connectivity index (χ0v) is 16.1. The number of hydrogen-bond donors (Lipinski definition) is 2. The van der Waals surface area contributed by atoms with Gasteiger partial charge in [0.05, 0.1) is 17.9 Å². The van der Waals surface area contributed by atoms with Gasteiger partial charge in [-0.15, -0.1) is 11.3 Å². The second-order valence-corrected chi connectivity index (χ2v) is 9.41. The zero-order valence-electron chi connectivity index (χ0n) is 14.4. The molecule has 0 aliphatic rings. The molecule has 8 heteroatoms. The molecule has 0 amide bonds. The Morgan fingerprint density at radius 3 is 2.75 bits per heavy atom. The Morgan fingerprint density at radius 2 is 2.12 bits per heavy atom. The van der Waals surface area contributed by atoms with Crippen LogP contribution >= 0.6 is 18.9 Å². The van der Waals surface area contributed by atoms with Crippen LogP contribution in [0, 0.1) is 18.8 Å². The molecule has 2 unspecified atom stereocenters. The smallest absolute Gasteiger partial charge is 0.362 e. The third-order valence-corrected chi connectivity index (χ3v) is 5.86. The summed E-state index contributed by atoms with van der Waals surface area (Å²) in [5.74, 6) is 0.501. The van der Waals surface area contributed by atoms with E-state index in [1.54, 1.807) is 18.3 Å². The lowest BCUT2D eigenvalue weighted by Gasteiger charge is -2.14. The molecule has 0 radical (unpaired) electrons. The van der Waals surface area contributed by atoms with Gasteiger partial charge in [0, 0.05) is 17.4 Å². The first kappa shape index (κ1) is 19.3. The second kappa shape index (κ2) is 7.93. The molecule has 2 heterocycles. The standard InChI is InChI=1S/C16H24NO5PS/c1-10(2)7-14-15(17-12(4)24-14)16-13(5-6-21-16)23(19,20)22-9-11(3)8-18/h5-6,10-11,18H,7-9H2,1-4H3,(H,19,20). The molecular formula is C16H24NO5PS. The van der Waals surface area contributed by atoms with Gasteiger partial charge in [-0.1, -0.05) is 20.8 Å². The van der Waals surface area contributed by atoms with E-state index in [1.165, 1.54) is 12.3 Å². The number of hydrogen-bond acceptors (Lipinski definition) is 6. The average molecular weight is 373 g/mol. The molecule has 2 aromatic rings. The lowest BCUT2D eigenvalue weighted by atomic mass is 10.1. The maximum atomic E-state index is 12.6. The summed E-state index contributed by atoms with van der Waals surface area (Å²) in [6, 6.07) is 1.45. The van der Waals surface area contributed by atoms with Gasteiger partial charge in [-0.2, -0.15) is 0 Å². The van der Waals surface area contributed by atoms with E-state index in [4.69, 9.17) is 14.0 Å². The minimum absolute atomic E-state index is 0.0101. The monoisotopic (exact) mass is 373 g/mol. The molecule has 0 aromatic carbocycles. The van der Waals surface area contributed by atoms with Gasteiger partial charge in [0.2, 0.25) is 0 Å². The molecule has 2 aromatic heterocycles. The van der Waals surface area contributed by atoms with Crippen LogP contribution in [0.1, 0.15) is 30.7 Å². The minimum atomic E-state index is -4.05. The Balaban J connectivity index is 2.35. The Labute approximate surface area is 146 Å². The van der Waals surface area contributed by atoms with Crippen molar-refractivity contribution in [2.75, 3.05) is 13.2 Å². The molecule has 134 valence electrons. The minimum Gasteiger partial charge on any atom is -0.462 e.